The van der Waals surface area contributed by atoms with Crippen molar-refractivity contribution >= 4 is 5.91 Å². The van der Waals surface area contributed by atoms with Crippen LogP contribution in [0.5, 0.6) is 0 Å². The van der Waals surface area contributed by atoms with Gasteiger partial charge in [0.1, 0.15) is 0 Å². The molecule has 1 fully saturated rings. The van der Waals surface area contributed by atoms with E-state index >= 15 is 0 Å². The van der Waals surface area contributed by atoms with Gasteiger partial charge in [0.2, 0.25) is 5.91 Å². The number of hydrogen-bond donors (Lipinski definition) is 1. The number of hydrogen-bond acceptors (Lipinski definition) is 4. The van der Waals surface area contributed by atoms with E-state index in [1.54, 1.807) is 6.33 Å². The van der Waals surface area contributed by atoms with Crippen molar-refractivity contribution in [2.75, 3.05) is 0 Å². The number of carbonyl (C=O) groups excluding carboxylic acids is 1. The Morgan fingerprint density at radius 3 is 3.00 bits per heavy atom. The summed E-state index contributed by atoms with van der Waals surface area (Å²) in [6, 6.07) is 0.239. The number of amides is 1. The molecule has 0 aromatic carbocycles. The van der Waals surface area contributed by atoms with Crippen LogP contribution in [0, 0.1) is 12.3 Å². The number of terminal acetylenes is 1. The van der Waals surface area contributed by atoms with Gasteiger partial charge < -0.3 is 9.88 Å². The van der Waals surface area contributed by atoms with Gasteiger partial charge in [0.05, 0.1) is 6.33 Å². The molecule has 0 radical (unpaired) electrons. The largest absolute Gasteiger partial charge is 0.353 e. The third-order valence-electron chi connectivity index (χ3n) is 4.18. The average molecular weight is 285 g/mol. The predicted molar refractivity (Wildman–Crippen MR) is 77.4 cm³/mol. The van der Waals surface area contributed by atoms with Crippen molar-refractivity contribution in [1.29, 1.82) is 0 Å². The van der Waals surface area contributed by atoms with Crippen molar-refractivity contribution < 1.29 is 4.79 Å². The summed E-state index contributed by atoms with van der Waals surface area (Å²) in [5.41, 5.74) is 0.812. The van der Waals surface area contributed by atoms with E-state index in [4.69, 9.17) is 6.42 Å². The lowest BCUT2D eigenvalue weighted by Crippen LogP contribution is -2.28. The third kappa shape index (κ3) is 3.13. The fraction of sp³-hybridized carbons (Fsp3) is 0.600. The quantitative estimate of drug-likeness (QED) is 0.775. The zero-order valence-electron chi connectivity index (χ0n) is 12.1. The average Bonchev–Trinajstić information content (AvgIpc) is 3.36. The van der Waals surface area contributed by atoms with Crippen LogP contribution in [0.4, 0.5) is 0 Å². The predicted octanol–water partition coefficient (Wildman–Crippen LogP) is 1.75. The van der Waals surface area contributed by atoms with Crippen molar-refractivity contribution in [3.8, 4) is 12.3 Å². The first-order chi connectivity index (χ1) is 10.1. The number of aromatic nitrogens is 2. The minimum Gasteiger partial charge on any atom is -0.353 e. The molecular formula is C15H19N5O. The lowest BCUT2D eigenvalue weighted by Gasteiger charge is -2.09. The highest BCUT2D eigenvalue weighted by Crippen LogP contribution is 2.41. The highest BCUT2D eigenvalue weighted by Gasteiger charge is 2.42. The first kappa shape index (κ1) is 13.8. The van der Waals surface area contributed by atoms with E-state index < -0.39 is 0 Å². The number of imidazole rings is 1. The van der Waals surface area contributed by atoms with Gasteiger partial charge in [-0.25, -0.2) is 4.98 Å². The van der Waals surface area contributed by atoms with E-state index in [0.717, 1.165) is 12.8 Å². The SMILES string of the molecule is C#CCCC1(CCC(=O)N[C@@H]2C[C@H]2c2cncn2C)N=N1. The van der Waals surface area contributed by atoms with Gasteiger partial charge in [0.15, 0.2) is 5.66 Å². The zero-order valence-corrected chi connectivity index (χ0v) is 12.1. The molecule has 3 rings (SSSR count). The standard InChI is InChI=1S/C15H19N5O/c1-3-4-6-15(18-19-15)7-5-14(21)17-12-8-11(12)13-9-16-10-20(13)2/h1,9-12H,4-8H2,2H3,(H,17,21)/t11-,12-/m1/s1. The lowest BCUT2D eigenvalue weighted by atomic mass is 10.0. The van der Waals surface area contributed by atoms with E-state index in [1.165, 1.54) is 5.69 Å². The summed E-state index contributed by atoms with van der Waals surface area (Å²) in [5.74, 6) is 3.06. The Balaban J connectivity index is 1.40. The molecule has 6 heteroatoms. The Morgan fingerprint density at radius 1 is 1.57 bits per heavy atom. The molecular weight excluding hydrogens is 266 g/mol. The second-order valence-corrected chi connectivity index (χ2v) is 5.83. The second kappa shape index (κ2) is 5.32. The summed E-state index contributed by atoms with van der Waals surface area (Å²) in [6.45, 7) is 0. The first-order valence-corrected chi connectivity index (χ1v) is 7.27. The molecule has 1 aromatic rings. The first-order valence-electron chi connectivity index (χ1n) is 7.27. The molecule has 6 nitrogen and oxygen atoms in total. The van der Waals surface area contributed by atoms with Crippen LogP contribution in [0.1, 0.15) is 43.7 Å². The van der Waals surface area contributed by atoms with Crippen LogP contribution in [-0.2, 0) is 11.8 Å². The number of carbonyl (C=O) groups is 1. The lowest BCUT2D eigenvalue weighted by molar-refractivity contribution is -0.121. The molecule has 0 spiro atoms. The Bertz CT molecular complexity index is 606. The van der Waals surface area contributed by atoms with E-state index in [1.807, 2.05) is 17.8 Å². The molecule has 1 N–H and O–H groups in total. The molecule has 2 heterocycles. The van der Waals surface area contributed by atoms with E-state index in [9.17, 15) is 4.79 Å². The Labute approximate surface area is 124 Å². The van der Waals surface area contributed by atoms with Crippen LogP contribution in [-0.4, -0.2) is 27.2 Å². The minimum absolute atomic E-state index is 0.0713. The minimum atomic E-state index is -0.366. The molecule has 110 valence electrons. The van der Waals surface area contributed by atoms with E-state index in [-0.39, 0.29) is 17.6 Å². The molecule has 1 aliphatic carbocycles. The highest BCUT2D eigenvalue weighted by atomic mass is 16.1. The normalized spacial score (nSPS) is 24.4. The van der Waals surface area contributed by atoms with Gasteiger partial charge in [-0.05, 0) is 6.42 Å². The van der Waals surface area contributed by atoms with Gasteiger partial charge in [0, 0.05) is 56.6 Å². The number of nitrogens with one attached hydrogen (secondary N) is 1. The van der Waals surface area contributed by atoms with Crippen molar-refractivity contribution in [2.45, 2.75) is 49.7 Å². The number of rotatable bonds is 7. The summed E-state index contributed by atoms with van der Waals surface area (Å²) in [5, 5.41) is 11.2. The van der Waals surface area contributed by atoms with Gasteiger partial charge in [-0.1, -0.05) is 0 Å². The fourth-order valence-electron chi connectivity index (χ4n) is 2.67. The molecule has 0 unspecified atom stereocenters. The fourth-order valence-corrected chi connectivity index (χ4v) is 2.67. The van der Waals surface area contributed by atoms with Crippen LogP contribution >= 0.6 is 0 Å². The topological polar surface area (TPSA) is 71.6 Å². The maximum atomic E-state index is 12.0. The van der Waals surface area contributed by atoms with Crippen LogP contribution in [0.2, 0.25) is 0 Å². The van der Waals surface area contributed by atoms with Crippen molar-refractivity contribution in [1.82, 2.24) is 14.9 Å². The van der Waals surface area contributed by atoms with Crippen molar-refractivity contribution in [3.63, 3.8) is 0 Å². The molecule has 1 amide bonds. The smallest absolute Gasteiger partial charge is 0.220 e. The molecule has 0 saturated heterocycles. The van der Waals surface area contributed by atoms with E-state index in [2.05, 4.69) is 26.4 Å². The molecule has 2 aliphatic rings. The maximum Gasteiger partial charge on any atom is 0.220 e. The van der Waals surface area contributed by atoms with Gasteiger partial charge in [-0.3, -0.25) is 4.79 Å². The molecule has 1 aliphatic heterocycles. The van der Waals surface area contributed by atoms with Crippen LogP contribution in [0.3, 0.4) is 0 Å². The van der Waals surface area contributed by atoms with Crippen LogP contribution < -0.4 is 5.32 Å². The van der Waals surface area contributed by atoms with Gasteiger partial charge in [-0.15, -0.1) is 12.3 Å². The third-order valence-corrected chi connectivity index (χ3v) is 4.18. The van der Waals surface area contributed by atoms with Crippen molar-refractivity contribution in [3.05, 3.63) is 18.2 Å². The Hall–Kier alpha value is -2.16. The zero-order chi connectivity index (χ0) is 14.9. The maximum absolute atomic E-state index is 12.0. The molecule has 0 bridgehead atoms. The van der Waals surface area contributed by atoms with Gasteiger partial charge in [0.25, 0.3) is 0 Å². The molecule has 21 heavy (non-hydrogen) atoms. The van der Waals surface area contributed by atoms with Crippen LogP contribution in [0.25, 0.3) is 0 Å². The summed E-state index contributed by atoms with van der Waals surface area (Å²) in [4.78, 5) is 16.1. The highest BCUT2D eigenvalue weighted by molar-refractivity contribution is 5.77. The van der Waals surface area contributed by atoms with Gasteiger partial charge in [-0.2, -0.15) is 10.2 Å². The molecule has 1 saturated carbocycles. The van der Waals surface area contributed by atoms with Gasteiger partial charge >= 0.3 is 0 Å². The summed E-state index contributed by atoms with van der Waals surface area (Å²) >= 11 is 0. The monoisotopic (exact) mass is 285 g/mol. The van der Waals surface area contributed by atoms with E-state index in [0.29, 0.717) is 25.2 Å². The Morgan fingerprint density at radius 2 is 2.38 bits per heavy atom. The number of aryl methyl sites for hydroxylation is 1. The summed E-state index contributed by atoms with van der Waals surface area (Å²) in [6.07, 6.45) is 12.4. The Kier molecular flexibility index (Phi) is 3.50. The van der Waals surface area contributed by atoms with Crippen molar-refractivity contribution in [2.24, 2.45) is 17.3 Å². The molecule has 1 aromatic heterocycles. The summed E-state index contributed by atoms with van der Waals surface area (Å²) in [7, 11) is 1.98. The van der Waals surface area contributed by atoms with Crippen LogP contribution in [0.15, 0.2) is 22.8 Å². The number of nitrogens with zero attached hydrogens (tertiary/aromatic N) is 4. The second-order valence-electron chi connectivity index (χ2n) is 5.83. The molecule has 2 atom stereocenters. The summed E-state index contributed by atoms with van der Waals surface area (Å²) < 4.78 is 2.01.